The third-order valence-electron chi connectivity index (χ3n) is 5.53. The lowest BCUT2D eigenvalue weighted by Crippen LogP contribution is -2.44. The number of Topliss-reactive ketones (excluding diaryl/α,β-unsaturated/α-hetero) is 1. The van der Waals surface area contributed by atoms with Crippen molar-refractivity contribution in [3.8, 4) is 10.7 Å². The summed E-state index contributed by atoms with van der Waals surface area (Å²) in [5.74, 6) is 0.848. The van der Waals surface area contributed by atoms with E-state index >= 15 is 0 Å². The summed E-state index contributed by atoms with van der Waals surface area (Å²) in [4.78, 5) is 31.1. The van der Waals surface area contributed by atoms with Crippen LogP contribution in [0.5, 0.6) is 0 Å². The molecule has 1 fully saturated rings. The number of nitrogens with zero attached hydrogens (tertiary/aromatic N) is 7. The molecule has 5 rings (SSSR count). The summed E-state index contributed by atoms with van der Waals surface area (Å²) < 4.78 is 0. The highest BCUT2D eigenvalue weighted by Gasteiger charge is 2.17. The molecular weight excluding hydrogens is 424 g/mol. The molecule has 4 aromatic rings. The van der Waals surface area contributed by atoms with Crippen LogP contribution in [0.2, 0.25) is 0 Å². The molecule has 0 aromatic carbocycles. The van der Waals surface area contributed by atoms with Crippen molar-refractivity contribution >= 4 is 39.0 Å². The van der Waals surface area contributed by atoms with Crippen molar-refractivity contribution in [3.63, 3.8) is 0 Å². The van der Waals surface area contributed by atoms with E-state index in [9.17, 15) is 4.79 Å². The molecule has 32 heavy (non-hydrogen) atoms. The molecule has 4 aromatic heterocycles. The van der Waals surface area contributed by atoms with Crippen LogP contribution >= 0.6 is 11.3 Å². The van der Waals surface area contributed by atoms with Gasteiger partial charge in [0.15, 0.2) is 10.8 Å². The average molecular weight is 447 g/mol. The normalized spacial score (nSPS) is 14.7. The van der Waals surface area contributed by atoms with E-state index in [1.54, 1.807) is 18.5 Å². The Balaban J connectivity index is 1.36. The molecule has 0 bridgehead atoms. The maximum atomic E-state index is 13.0. The molecule has 0 radical (unpaired) electrons. The molecule has 1 saturated heterocycles. The van der Waals surface area contributed by atoms with Gasteiger partial charge in [-0.05, 0) is 37.4 Å². The predicted octanol–water partition coefficient (Wildman–Crippen LogP) is 2.30. The van der Waals surface area contributed by atoms with Gasteiger partial charge in [-0.1, -0.05) is 11.3 Å². The minimum atomic E-state index is 0.00248. The van der Waals surface area contributed by atoms with E-state index in [4.69, 9.17) is 5.73 Å². The van der Waals surface area contributed by atoms with E-state index in [0.29, 0.717) is 27.1 Å². The second-order valence-electron chi connectivity index (χ2n) is 7.80. The maximum Gasteiger partial charge on any atom is 0.203 e. The minimum Gasteiger partial charge on any atom is -0.374 e. The number of anilines is 2. The predicted molar refractivity (Wildman–Crippen MR) is 125 cm³/mol. The Morgan fingerprint density at radius 3 is 2.72 bits per heavy atom. The van der Waals surface area contributed by atoms with Crippen molar-refractivity contribution in [3.05, 3.63) is 54.0 Å². The van der Waals surface area contributed by atoms with Gasteiger partial charge in [0.2, 0.25) is 5.13 Å². The SMILES string of the molecule is CN1CCN(c2cc(C(=O)Cc3cc4nc(-c5nnc(N)s5)ccc4cn3)ccn2)CC1. The van der Waals surface area contributed by atoms with Crippen LogP contribution in [0.3, 0.4) is 0 Å². The summed E-state index contributed by atoms with van der Waals surface area (Å²) in [6.07, 6.45) is 3.64. The number of nitrogen functional groups attached to an aromatic ring is 1. The van der Waals surface area contributed by atoms with Gasteiger partial charge in [0.25, 0.3) is 0 Å². The molecule has 162 valence electrons. The number of rotatable bonds is 5. The Morgan fingerprint density at radius 1 is 1.09 bits per heavy atom. The summed E-state index contributed by atoms with van der Waals surface area (Å²) >= 11 is 1.29. The molecule has 0 atom stereocenters. The average Bonchev–Trinajstić information content (AvgIpc) is 3.25. The third kappa shape index (κ3) is 4.27. The Hall–Kier alpha value is -3.50. The number of carbonyl (C=O) groups is 1. The van der Waals surface area contributed by atoms with Crippen molar-refractivity contribution in [2.24, 2.45) is 0 Å². The van der Waals surface area contributed by atoms with E-state index < -0.39 is 0 Å². The fraction of sp³-hybridized carbons (Fsp3) is 0.273. The fourth-order valence-electron chi connectivity index (χ4n) is 3.68. The van der Waals surface area contributed by atoms with Crippen molar-refractivity contribution in [1.29, 1.82) is 0 Å². The zero-order valence-corrected chi connectivity index (χ0v) is 18.4. The lowest BCUT2D eigenvalue weighted by Gasteiger charge is -2.33. The number of ketones is 1. The maximum absolute atomic E-state index is 13.0. The standard InChI is InChI=1S/C22H22N8OS/c1-29-6-8-30(9-7-29)20-10-14(4-5-24-20)19(31)12-16-11-18-15(13-25-16)2-3-17(26-18)21-27-28-22(23)32-21/h2-5,10-11,13H,6-9,12H2,1H3,(H2,23,28). The topological polar surface area (TPSA) is 114 Å². The van der Waals surface area contributed by atoms with Crippen molar-refractivity contribution in [1.82, 2.24) is 30.0 Å². The zero-order valence-electron chi connectivity index (χ0n) is 17.6. The Kier molecular flexibility index (Phi) is 5.46. The Labute approximate surface area is 189 Å². The smallest absolute Gasteiger partial charge is 0.203 e. The van der Waals surface area contributed by atoms with Crippen LogP contribution in [0.25, 0.3) is 21.6 Å². The summed E-state index contributed by atoms with van der Waals surface area (Å²) in [6, 6.07) is 9.29. The van der Waals surface area contributed by atoms with Gasteiger partial charge in [-0.3, -0.25) is 9.78 Å². The molecule has 10 heteroatoms. The minimum absolute atomic E-state index is 0.00248. The van der Waals surface area contributed by atoms with Gasteiger partial charge in [-0.25, -0.2) is 9.97 Å². The van der Waals surface area contributed by atoms with Gasteiger partial charge < -0.3 is 15.5 Å². The molecule has 1 aliphatic rings. The van der Waals surface area contributed by atoms with Gasteiger partial charge in [-0.2, -0.15) is 0 Å². The molecule has 1 aliphatic heterocycles. The highest BCUT2D eigenvalue weighted by Crippen LogP contribution is 2.25. The fourth-order valence-corrected chi connectivity index (χ4v) is 4.26. The lowest BCUT2D eigenvalue weighted by atomic mass is 10.1. The number of likely N-dealkylation sites (N-methyl/N-ethyl adjacent to an activating group) is 1. The van der Waals surface area contributed by atoms with E-state index in [0.717, 1.165) is 42.9 Å². The van der Waals surface area contributed by atoms with Gasteiger partial charge in [0.05, 0.1) is 17.6 Å². The van der Waals surface area contributed by atoms with Crippen LogP contribution < -0.4 is 10.6 Å². The Morgan fingerprint density at radius 2 is 1.94 bits per heavy atom. The van der Waals surface area contributed by atoms with E-state index in [1.165, 1.54) is 11.3 Å². The van der Waals surface area contributed by atoms with Crippen LogP contribution in [-0.2, 0) is 6.42 Å². The number of aromatic nitrogens is 5. The molecule has 0 saturated carbocycles. The summed E-state index contributed by atoms with van der Waals surface area (Å²) in [6.45, 7) is 3.78. The van der Waals surface area contributed by atoms with E-state index in [1.807, 2.05) is 24.3 Å². The van der Waals surface area contributed by atoms with Gasteiger partial charge >= 0.3 is 0 Å². The van der Waals surface area contributed by atoms with Crippen molar-refractivity contribution < 1.29 is 4.79 Å². The number of piperazine rings is 1. The third-order valence-corrected chi connectivity index (χ3v) is 6.30. The van der Waals surface area contributed by atoms with Crippen LogP contribution in [0, 0.1) is 0 Å². The highest BCUT2D eigenvalue weighted by molar-refractivity contribution is 7.18. The van der Waals surface area contributed by atoms with Gasteiger partial charge in [0, 0.05) is 49.5 Å². The summed E-state index contributed by atoms with van der Waals surface area (Å²) in [5, 5.41) is 9.85. The number of hydrogen-bond acceptors (Lipinski definition) is 10. The Bertz CT molecular complexity index is 1280. The first kappa shape index (κ1) is 20.4. The van der Waals surface area contributed by atoms with Crippen molar-refractivity contribution in [2.75, 3.05) is 43.9 Å². The second kappa shape index (κ2) is 8.56. The number of nitrogens with two attached hydrogens (primary N) is 1. The van der Waals surface area contributed by atoms with E-state index in [2.05, 4.69) is 42.0 Å². The number of fused-ring (bicyclic) bond motifs is 1. The van der Waals surface area contributed by atoms with Crippen LogP contribution in [-0.4, -0.2) is 69.1 Å². The quantitative estimate of drug-likeness (QED) is 0.461. The molecule has 0 amide bonds. The molecule has 2 N–H and O–H groups in total. The lowest BCUT2D eigenvalue weighted by molar-refractivity contribution is 0.0992. The van der Waals surface area contributed by atoms with Crippen molar-refractivity contribution in [2.45, 2.75) is 6.42 Å². The number of carbonyl (C=O) groups excluding carboxylic acids is 1. The summed E-state index contributed by atoms with van der Waals surface area (Å²) in [7, 11) is 2.11. The second-order valence-corrected chi connectivity index (χ2v) is 8.81. The monoisotopic (exact) mass is 446 g/mol. The first-order valence-corrected chi connectivity index (χ1v) is 11.1. The molecule has 0 aliphatic carbocycles. The van der Waals surface area contributed by atoms with Gasteiger partial charge in [0.1, 0.15) is 11.5 Å². The molecule has 5 heterocycles. The van der Waals surface area contributed by atoms with Crippen LogP contribution in [0.15, 0.2) is 42.7 Å². The van der Waals surface area contributed by atoms with Crippen LogP contribution in [0.4, 0.5) is 10.9 Å². The molecule has 9 nitrogen and oxygen atoms in total. The number of hydrogen-bond donors (Lipinski definition) is 1. The zero-order chi connectivity index (χ0) is 22.1. The molecular formula is C22H22N8OS. The largest absolute Gasteiger partial charge is 0.374 e. The van der Waals surface area contributed by atoms with E-state index in [-0.39, 0.29) is 12.2 Å². The first-order valence-electron chi connectivity index (χ1n) is 10.3. The number of pyridine rings is 3. The highest BCUT2D eigenvalue weighted by atomic mass is 32.1. The first-order chi connectivity index (χ1) is 15.5. The van der Waals surface area contributed by atoms with Gasteiger partial charge in [-0.15, -0.1) is 10.2 Å². The van der Waals surface area contributed by atoms with Crippen LogP contribution in [0.1, 0.15) is 16.1 Å². The molecule has 0 unspecified atom stereocenters. The summed E-state index contributed by atoms with van der Waals surface area (Å²) in [5.41, 5.74) is 8.44. The molecule has 0 spiro atoms.